The number of hydrogen-bond donors (Lipinski definition) is 2. The maximum Gasteiger partial charge on any atom is 0.408 e. The molecule has 3 unspecified atom stereocenters. The van der Waals surface area contributed by atoms with E-state index in [-0.39, 0.29) is 23.8 Å². The summed E-state index contributed by atoms with van der Waals surface area (Å²) in [7, 11) is 0. The highest BCUT2D eigenvalue weighted by molar-refractivity contribution is 5.92. The Balaban J connectivity index is 1.91. The van der Waals surface area contributed by atoms with Gasteiger partial charge in [0.15, 0.2) is 0 Å². The minimum absolute atomic E-state index is 0.0582. The summed E-state index contributed by atoms with van der Waals surface area (Å²) >= 11 is 0. The number of ether oxygens (including phenoxy) is 1. The average molecular weight is 494 g/mol. The van der Waals surface area contributed by atoms with Crippen LogP contribution < -0.4 is 10.6 Å². The zero-order valence-electron chi connectivity index (χ0n) is 22.0. The Labute approximate surface area is 214 Å². The predicted octanol–water partition coefficient (Wildman–Crippen LogP) is 4.97. The molecule has 1 aliphatic carbocycles. The third-order valence-electron chi connectivity index (χ3n) is 6.30. The summed E-state index contributed by atoms with van der Waals surface area (Å²) in [6, 6.07) is 17.4. The summed E-state index contributed by atoms with van der Waals surface area (Å²) < 4.78 is 5.45. The van der Waals surface area contributed by atoms with Crippen LogP contribution >= 0.6 is 0 Å². The first kappa shape index (κ1) is 27.2. The Kier molecular flexibility index (Phi) is 9.13. The fourth-order valence-corrected chi connectivity index (χ4v) is 4.10. The van der Waals surface area contributed by atoms with Gasteiger partial charge in [0.25, 0.3) is 0 Å². The third-order valence-corrected chi connectivity index (χ3v) is 6.30. The normalized spacial score (nSPS) is 15.8. The van der Waals surface area contributed by atoms with Crippen LogP contribution in [0.3, 0.4) is 0 Å². The second-order valence-electron chi connectivity index (χ2n) is 10.5. The monoisotopic (exact) mass is 493 g/mol. The second-order valence-corrected chi connectivity index (χ2v) is 10.5. The minimum atomic E-state index is -0.807. The van der Waals surface area contributed by atoms with Gasteiger partial charge >= 0.3 is 6.09 Å². The SMILES string of the molecule is CCC(C)C(NC(=O)OC(C)(C)C)C(=O)N(C1CC1)C(C(=O)NCc1ccccc1)c1ccccc1. The molecule has 7 heteroatoms. The van der Waals surface area contributed by atoms with Gasteiger partial charge in [-0.2, -0.15) is 0 Å². The fourth-order valence-electron chi connectivity index (χ4n) is 4.10. The van der Waals surface area contributed by atoms with Gasteiger partial charge in [0.2, 0.25) is 11.8 Å². The van der Waals surface area contributed by atoms with Crippen molar-refractivity contribution in [3.05, 3.63) is 71.8 Å². The Bertz CT molecular complexity index is 1020. The molecule has 2 aromatic carbocycles. The molecular formula is C29H39N3O4. The predicted molar refractivity (Wildman–Crippen MR) is 140 cm³/mol. The van der Waals surface area contributed by atoms with E-state index in [1.807, 2.05) is 74.5 Å². The van der Waals surface area contributed by atoms with E-state index < -0.39 is 23.8 Å². The Hall–Kier alpha value is -3.35. The van der Waals surface area contributed by atoms with Gasteiger partial charge in [-0.15, -0.1) is 0 Å². The molecule has 0 aromatic heterocycles. The summed E-state index contributed by atoms with van der Waals surface area (Å²) in [5.41, 5.74) is 1.03. The van der Waals surface area contributed by atoms with Gasteiger partial charge in [0.05, 0.1) is 0 Å². The van der Waals surface area contributed by atoms with Crippen molar-refractivity contribution in [2.24, 2.45) is 5.92 Å². The molecular weight excluding hydrogens is 454 g/mol. The number of carbonyl (C=O) groups is 3. The molecule has 0 heterocycles. The van der Waals surface area contributed by atoms with Crippen LogP contribution in [0.2, 0.25) is 0 Å². The van der Waals surface area contributed by atoms with Crippen molar-refractivity contribution in [1.82, 2.24) is 15.5 Å². The van der Waals surface area contributed by atoms with Gasteiger partial charge in [-0.1, -0.05) is 80.9 Å². The topological polar surface area (TPSA) is 87.7 Å². The van der Waals surface area contributed by atoms with Crippen LogP contribution in [0.4, 0.5) is 4.79 Å². The Morgan fingerprint density at radius 3 is 2.11 bits per heavy atom. The van der Waals surface area contributed by atoms with E-state index in [4.69, 9.17) is 4.74 Å². The van der Waals surface area contributed by atoms with Crippen LogP contribution in [-0.2, 0) is 20.9 Å². The van der Waals surface area contributed by atoms with Crippen LogP contribution in [0.15, 0.2) is 60.7 Å². The highest BCUT2D eigenvalue weighted by Crippen LogP contribution is 2.36. The molecule has 0 bridgehead atoms. The first-order chi connectivity index (χ1) is 17.1. The summed E-state index contributed by atoms with van der Waals surface area (Å²) in [5, 5.41) is 5.83. The molecule has 194 valence electrons. The fraction of sp³-hybridized carbons (Fsp3) is 0.483. The lowest BCUT2D eigenvalue weighted by molar-refractivity contribution is -0.144. The molecule has 3 atom stereocenters. The number of rotatable bonds is 10. The molecule has 2 N–H and O–H groups in total. The standard InChI is InChI=1S/C29H39N3O4/c1-6-20(2)24(31-28(35)36-29(3,4)5)27(34)32(23-17-18-23)25(22-15-11-8-12-16-22)26(33)30-19-21-13-9-7-10-14-21/h7-16,20,23-25H,6,17-19H2,1-5H3,(H,30,33)(H,31,35). The van der Waals surface area contributed by atoms with Crippen molar-refractivity contribution >= 4 is 17.9 Å². The summed E-state index contributed by atoms with van der Waals surface area (Å²) in [4.78, 5) is 42.1. The molecule has 1 aliphatic rings. The number of nitrogens with one attached hydrogen (secondary N) is 2. The van der Waals surface area contributed by atoms with Crippen molar-refractivity contribution in [3.8, 4) is 0 Å². The van der Waals surface area contributed by atoms with Gasteiger partial charge in [0, 0.05) is 12.6 Å². The third kappa shape index (κ3) is 7.57. The maximum atomic E-state index is 14.1. The van der Waals surface area contributed by atoms with Crippen LogP contribution in [0.1, 0.15) is 71.0 Å². The van der Waals surface area contributed by atoms with E-state index in [9.17, 15) is 14.4 Å². The van der Waals surface area contributed by atoms with E-state index >= 15 is 0 Å². The van der Waals surface area contributed by atoms with E-state index in [1.54, 1.807) is 25.7 Å². The largest absolute Gasteiger partial charge is 0.444 e. The molecule has 0 saturated heterocycles. The molecule has 0 spiro atoms. The quantitative estimate of drug-likeness (QED) is 0.489. The maximum absolute atomic E-state index is 14.1. The lowest BCUT2D eigenvalue weighted by Crippen LogP contribution is -2.55. The molecule has 0 radical (unpaired) electrons. The highest BCUT2D eigenvalue weighted by Gasteiger charge is 2.44. The molecule has 1 saturated carbocycles. The smallest absolute Gasteiger partial charge is 0.408 e. The second kappa shape index (κ2) is 12.1. The van der Waals surface area contributed by atoms with Crippen molar-refractivity contribution < 1.29 is 19.1 Å². The van der Waals surface area contributed by atoms with Crippen molar-refractivity contribution in [2.45, 2.75) is 84.2 Å². The highest BCUT2D eigenvalue weighted by atomic mass is 16.6. The number of amides is 3. The molecule has 7 nitrogen and oxygen atoms in total. The summed E-state index contributed by atoms with van der Waals surface area (Å²) in [6.45, 7) is 9.62. The molecule has 0 aliphatic heterocycles. The number of carbonyl (C=O) groups excluding carboxylic acids is 3. The van der Waals surface area contributed by atoms with Crippen molar-refractivity contribution in [1.29, 1.82) is 0 Å². The number of hydrogen-bond acceptors (Lipinski definition) is 4. The molecule has 3 rings (SSSR count). The van der Waals surface area contributed by atoms with E-state index in [1.165, 1.54) is 0 Å². The zero-order valence-corrected chi connectivity index (χ0v) is 22.0. The lowest BCUT2D eigenvalue weighted by Gasteiger charge is -2.36. The number of benzene rings is 2. The van der Waals surface area contributed by atoms with Gasteiger partial charge in [0.1, 0.15) is 17.7 Å². The van der Waals surface area contributed by atoms with Crippen LogP contribution in [0, 0.1) is 5.92 Å². The van der Waals surface area contributed by atoms with Crippen molar-refractivity contribution in [2.75, 3.05) is 0 Å². The summed E-state index contributed by atoms with van der Waals surface area (Å²) in [5.74, 6) is -0.651. The van der Waals surface area contributed by atoms with E-state index in [0.717, 1.165) is 24.0 Å². The Morgan fingerprint density at radius 1 is 1.00 bits per heavy atom. The molecule has 36 heavy (non-hydrogen) atoms. The number of nitrogens with zero attached hydrogens (tertiary/aromatic N) is 1. The van der Waals surface area contributed by atoms with Gasteiger partial charge in [-0.25, -0.2) is 4.79 Å². The Morgan fingerprint density at radius 2 is 1.58 bits per heavy atom. The van der Waals surface area contributed by atoms with E-state index in [0.29, 0.717) is 13.0 Å². The minimum Gasteiger partial charge on any atom is -0.444 e. The zero-order chi connectivity index (χ0) is 26.3. The van der Waals surface area contributed by atoms with Gasteiger partial charge in [-0.05, 0) is 50.7 Å². The van der Waals surface area contributed by atoms with Gasteiger partial charge in [-0.3, -0.25) is 9.59 Å². The first-order valence-electron chi connectivity index (χ1n) is 12.8. The van der Waals surface area contributed by atoms with Crippen LogP contribution in [-0.4, -0.2) is 40.5 Å². The van der Waals surface area contributed by atoms with Crippen LogP contribution in [0.25, 0.3) is 0 Å². The van der Waals surface area contributed by atoms with Gasteiger partial charge < -0.3 is 20.3 Å². The molecule has 1 fully saturated rings. The van der Waals surface area contributed by atoms with E-state index in [2.05, 4.69) is 10.6 Å². The molecule has 3 amide bonds. The summed E-state index contributed by atoms with van der Waals surface area (Å²) in [6.07, 6.45) is 1.68. The van der Waals surface area contributed by atoms with Crippen molar-refractivity contribution in [3.63, 3.8) is 0 Å². The lowest BCUT2D eigenvalue weighted by atomic mass is 9.95. The van der Waals surface area contributed by atoms with Crippen LogP contribution in [0.5, 0.6) is 0 Å². The first-order valence-corrected chi connectivity index (χ1v) is 12.8. The number of alkyl carbamates (subject to hydrolysis) is 1. The molecule has 2 aromatic rings. The average Bonchev–Trinajstić information content (AvgIpc) is 3.68.